The molecule has 1 aromatic heterocycles. The average molecular weight is 412 g/mol. The minimum absolute atomic E-state index is 0.0233. The van der Waals surface area contributed by atoms with Crippen molar-refractivity contribution >= 4 is 17.9 Å². The highest BCUT2D eigenvalue weighted by atomic mass is 16.1. The molecule has 31 heavy (non-hydrogen) atoms. The molecule has 4 rings (SSSR count). The summed E-state index contributed by atoms with van der Waals surface area (Å²) >= 11 is 0. The summed E-state index contributed by atoms with van der Waals surface area (Å²) in [6, 6.07) is 19.4. The van der Waals surface area contributed by atoms with E-state index in [4.69, 9.17) is 0 Å². The second-order valence-corrected chi connectivity index (χ2v) is 7.48. The van der Waals surface area contributed by atoms with Crippen LogP contribution >= 0.6 is 0 Å². The van der Waals surface area contributed by atoms with Crippen molar-refractivity contribution in [2.24, 2.45) is 5.10 Å². The molecule has 0 atom stereocenters. The SMILES string of the molecule is N#Cc1c(-c2ccccc2)nc(NN=Cc2ccc(N3CCCCCC3)cc2)[nH]c1=O. The molecule has 1 fully saturated rings. The monoisotopic (exact) mass is 412 g/mol. The molecule has 0 bridgehead atoms. The number of anilines is 2. The Morgan fingerprint density at radius 1 is 1.03 bits per heavy atom. The standard InChI is InChI=1S/C24H24N6O/c25-16-21-22(19-8-4-3-5-9-19)27-24(28-23(21)31)29-26-17-18-10-12-20(13-11-18)30-14-6-1-2-7-15-30/h3-5,8-13,17H,1-2,6-7,14-15H2,(H2,27,28,29,31). The predicted molar refractivity (Wildman–Crippen MR) is 123 cm³/mol. The topological polar surface area (TPSA) is 97.2 Å². The summed E-state index contributed by atoms with van der Waals surface area (Å²) in [5.41, 5.74) is 5.43. The van der Waals surface area contributed by atoms with Crippen LogP contribution in [0.4, 0.5) is 11.6 Å². The number of hydrogen-bond acceptors (Lipinski definition) is 6. The summed E-state index contributed by atoms with van der Waals surface area (Å²) < 4.78 is 0. The van der Waals surface area contributed by atoms with Crippen LogP contribution in [0.25, 0.3) is 11.3 Å². The van der Waals surface area contributed by atoms with E-state index in [1.165, 1.54) is 31.4 Å². The van der Waals surface area contributed by atoms with E-state index in [-0.39, 0.29) is 11.5 Å². The van der Waals surface area contributed by atoms with Crippen LogP contribution in [0.3, 0.4) is 0 Å². The fourth-order valence-electron chi connectivity index (χ4n) is 3.70. The molecular formula is C24H24N6O. The molecule has 2 aromatic carbocycles. The Labute approximate surface area is 181 Å². The van der Waals surface area contributed by atoms with Crippen molar-refractivity contribution in [3.63, 3.8) is 0 Å². The van der Waals surface area contributed by atoms with Crippen molar-refractivity contribution in [3.05, 3.63) is 76.1 Å². The minimum atomic E-state index is -0.504. The second kappa shape index (κ2) is 9.72. The van der Waals surface area contributed by atoms with E-state index in [9.17, 15) is 10.1 Å². The molecule has 0 spiro atoms. The first-order valence-corrected chi connectivity index (χ1v) is 10.5. The zero-order valence-corrected chi connectivity index (χ0v) is 17.2. The van der Waals surface area contributed by atoms with Crippen LogP contribution in [0.15, 0.2) is 64.5 Å². The zero-order chi connectivity index (χ0) is 21.5. The highest BCUT2D eigenvalue weighted by Crippen LogP contribution is 2.20. The van der Waals surface area contributed by atoms with Crippen molar-refractivity contribution in [1.29, 1.82) is 5.26 Å². The number of H-pyrrole nitrogens is 1. The third-order valence-electron chi connectivity index (χ3n) is 5.33. The lowest BCUT2D eigenvalue weighted by Crippen LogP contribution is -2.23. The number of hydrogen-bond donors (Lipinski definition) is 2. The highest BCUT2D eigenvalue weighted by Gasteiger charge is 2.13. The molecule has 2 N–H and O–H groups in total. The van der Waals surface area contributed by atoms with Gasteiger partial charge in [-0.25, -0.2) is 10.4 Å². The normalized spacial score (nSPS) is 14.2. The number of nitrogens with zero attached hydrogens (tertiary/aromatic N) is 4. The fourth-order valence-corrected chi connectivity index (χ4v) is 3.70. The number of hydrazone groups is 1. The van der Waals surface area contributed by atoms with Crippen molar-refractivity contribution in [3.8, 4) is 17.3 Å². The molecule has 1 aliphatic rings. The largest absolute Gasteiger partial charge is 0.372 e. The first-order valence-electron chi connectivity index (χ1n) is 10.5. The van der Waals surface area contributed by atoms with Gasteiger partial charge >= 0.3 is 0 Å². The fraction of sp³-hybridized carbons (Fsp3) is 0.250. The van der Waals surface area contributed by atoms with Gasteiger partial charge in [-0.2, -0.15) is 10.4 Å². The molecule has 3 aromatic rings. The quantitative estimate of drug-likeness (QED) is 0.485. The van der Waals surface area contributed by atoms with Gasteiger partial charge in [0.05, 0.1) is 11.9 Å². The van der Waals surface area contributed by atoms with Crippen LogP contribution in [-0.4, -0.2) is 29.3 Å². The summed E-state index contributed by atoms with van der Waals surface area (Å²) in [4.78, 5) is 21.7. The first kappa shape index (κ1) is 20.4. The highest BCUT2D eigenvalue weighted by molar-refractivity contribution is 5.81. The zero-order valence-electron chi connectivity index (χ0n) is 17.2. The lowest BCUT2D eigenvalue weighted by Gasteiger charge is -2.22. The van der Waals surface area contributed by atoms with E-state index < -0.39 is 5.56 Å². The van der Waals surface area contributed by atoms with Crippen LogP contribution in [0.2, 0.25) is 0 Å². The Kier molecular flexibility index (Phi) is 6.38. The van der Waals surface area contributed by atoms with Gasteiger partial charge in [0.1, 0.15) is 11.6 Å². The lowest BCUT2D eigenvalue weighted by atomic mass is 10.1. The smallest absolute Gasteiger partial charge is 0.270 e. The Hall–Kier alpha value is -3.92. The molecule has 0 unspecified atom stereocenters. The maximum Gasteiger partial charge on any atom is 0.270 e. The van der Waals surface area contributed by atoms with Crippen molar-refractivity contribution in [1.82, 2.24) is 9.97 Å². The van der Waals surface area contributed by atoms with Crippen LogP contribution in [0.5, 0.6) is 0 Å². The molecule has 0 saturated carbocycles. The number of aromatic amines is 1. The molecule has 0 radical (unpaired) electrons. The summed E-state index contributed by atoms with van der Waals surface area (Å²) in [7, 11) is 0. The van der Waals surface area contributed by atoms with Gasteiger partial charge < -0.3 is 4.90 Å². The van der Waals surface area contributed by atoms with Crippen LogP contribution in [-0.2, 0) is 0 Å². The Morgan fingerprint density at radius 3 is 2.42 bits per heavy atom. The number of nitrogens with one attached hydrogen (secondary N) is 2. The van der Waals surface area contributed by atoms with Crippen molar-refractivity contribution in [2.45, 2.75) is 25.7 Å². The van der Waals surface area contributed by atoms with Crippen LogP contribution < -0.4 is 15.9 Å². The molecule has 1 saturated heterocycles. The van der Waals surface area contributed by atoms with Gasteiger partial charge in [0.2, 0.25) is 5.95 Å². The number of nitriles is 1. The van der Waals surface area contributed by atoms with E-state index in [2.05, 4.69) is 37.5 Å². The Bertz CT molecular complexity index is 1140. The van der Waals surface area contributed by atoms with Gasteiger partial charge in [0.25, 0.3) is 5.56 Å². The number of rotatable bonds is 5. The van der Waals surface area contributed by atoms with Crippen molar-refractivity contribution < 1.29 is 0 Å². The summed E-state index contributed by atoms with van der Waals surface area (Å²) in [5.74, 6) is 0.181. The summed E-state index contributed by atoms with van der Waals surface area (Å²) in [5, 5.41) is 13.5. The van der Waals surface area contributed by atoms with Crippen LogP contribution in [0, 0.1) is 11.3 Å². The maximum atomic E-state index is 12.3. The molecule has 7 nitrogen and oxygen atoms in total. The van der Waals surface area contributed by atoms with Crippen LogP contribution in [0.1, 0.15) is 36.8 Å². The van der Waals surface area contributed by atoms with E-state index >= 15 is 0 Å². The van der Waals surface area contributed by atoms with E-state index in [0.29, 0.717) is 11.3 Å². The second-order valence-electron chi connectivity index (χ2n) is 7.48. The van der Waals surface area contributed by atoms with Gasteiger partial charge in [-0.1, -0.05) is 55.3 Å². The molecule has 0 aliphatic carbocycles. The van der Waals surface area contributed by atoms with Gasteiger partial charge in [-0.05, 0) is 30.5 Å². The Morgan fingerprint density at radius 2 is 1.74 bits per heavy atom. The predicted octanol–water partition coefficient (Wildman–Crippen LogP) is 4.13. The van der Waals surface area contributed by atoms with E-state index in [1.54, 1.807) is 6.21 Å². The third-order valence-corrected chi connectivity index (χ3v) is 5.33. The summed E-state index contributed by atoms with van der Waals surface area (Å²) in [6.45, 7) is 2.22. The van der Waals surface area contributed by atoms with E-state index in [1.807, 2.05) is 48.5 Å². The van der Waals surface area contributed by atoms with Gasteiger partial charge in [0, 0.05) is 24.3 Å². The molecule has 1 aliphatic heterocycles. The van der Waals surface area contributed by atoms with Crippen molar-refractivity contribution in [2.75, 3.05) is 23.4 Å². The average Bonchev–Trinajstić information content (AvgIpc) is 3.09. The van der Waals surface area contributed by atoms with E-state index in [0.717, 1.165) is 18.7 Å². The molecule has 156 valence electrons. The molecular weight excluding hydrogens is 388 g/mol. The first-order chi connectivity index (χ1) is 15.2. The summed E-state index contributed by atoms with van der Waals surface area (Å²) in [6.07, 6.45) is 6.78. The number of benzene rings is 2. The van der Waals surface area contributed by atoms with Gasteiger partial charge in [-0.3, -0.25) is 9.78 Å². The molecule has 7 heteroatoms. The molecule has 2 heterocycles. The minimum Gasteiger partial charge on any atom is -0.372 e. The number of aromatic nitrogens is 2. The maximum absolute atomic E-state index is 12.3. The van der Waals surface area contributed by atoms with Gasteiger partial charge in [-0.15, -0.1) is 0 Å². The molecule has 0 amide bonds. The lowest BCUT2D eigenvalue weighted by molar-refractivity contribution is 0.726. The van der Waals surface area contributed by atoms with Gasteiger partial charge in [0.15, 0.2) is 0 Å². The third kappa shape index (κ3) is 4.98. The Balaban J connectivity index is 1.48.